The standard InChI is InChI=1S/C18H21NOS/c1-3-19(4-2)18(20)17(15-11-7-5-8-12-15)21-16-13-9-6-10-14-16/h5-14,17H,3-4H2,1-2H3/t17-/m0/s1. The van der Waals surface area contributed by atoms with E-state index in [0.29, 0.717) is 0 Å². The monoisotopic (exact) mass is 299 g/mol. The van der Waals surface area contributed by atoms with Crippen molar-refractivity contribution < 1.29 is 4.79 Å². The molecule has 0 aliphatic heterocycles. The summed E-state index contributed by atoms with van der Waals surface area (Å²) in [5.74, 6) is 0.181. The van der Waals surface area contributed by atoms with E-state index in [1.165, 1.54) is 0 Å². The number of likely N-dealkylation sites (N-methyl/N-ethyl adjacent to an activating group) is 1. The number of nitrogens with zero attached hydrogens (tertiary/aromatic N) is 1. The number of hydrogen-bond acceptors (Lipinski definition) is 2. The maximum absolute atomic E-state index is 12.8. The Morgan fingerprint density at radius 3 is 2.00 bits per heavy atom. The van der Waals surface area contributed by atoms with E-state index in [1.54, 1.807) is 11.8 Å². The zero-order chi connectivity index (χ0) is 15.1. The summed E-state index contributed by atoms with van der Waals surface area (Å²) in [7, 11) is 0. The highest BCUT2D eigenvalue weighted by molar-refractivity contribution is 8.00. The quantitative estimate of drug-likeness (QED) is 0.737. The van der Waals surface area contributed by atoms with E-state index in [2.05, 4.69) is 12.1 Å². The molecule has 1 atom stereocenters. The molecular formula is C18H21NOS. The van der Waals surface area contributed by atoms with Crippen molar-refractivity contribution in [3.05, 3.63) is 66.2 Å². The van der Waals surface area contributed by atoms with E-state index >= 15 is 0 Å². The van der Waals surface area contributed by atoms with Gasteiger partial charge in [-0.3, -0.25) is 4.79 Å². The first-order valence-electron chi connectivity index (χ1n) is 7.31. The van der Waals surface area contributed by atoms with Gasteiger partial charge in [0.15, 0.2) is 0 Å². The molecule has 0 saturated carbocycles. The summed E-state index contributed by atoms with van der Waals surface area (Å²) in [5, 5.41) is -0.187. The lowest BCUT2D eigenvalue weighted by atomic mass is 10.1. The lowest BCUT2D eigenvalue weighted by Gasteiger charge is -2.25. The highest BCUT2D eigenvalue weighted by Crippen LogP contribution is 2.36. The van der Waals surface area contributed by atoms with Crippen LogP contribution in [-0.2, 0) is 4.79 Å². The van der Waals surface area contributed by atoms with E-state index in [0.717, 1.165) is 23.5 Å². The summed E-state index contributed by atoms with van der Waals surface area (Å²) >= 11 is 1.62. The lowest BCUT2D eigenvalue weighted by molar-refractivity contribution is -0.130. The summed E-state index contributed by atoms with van der Waals surface area (Å²) in [6.07, 6.45) is 0. The van der Waals surface area contributed by atoms with Gasteiger partial charge in [0.1, 0.15) is 5.25 Å². The number of amides is 1. The molecule has 0 aliphatic carbocycles. The Kier molecular flexibility index (Phi) is 5.88. The zero-order valence-corrected chi connectivity index (χ0v) is 13.3. The average Bonchev–Trinajstić information content (AvgIpc) is 2.55. The molecule has 0 saturated heterocycles. The molecule has 21 heavy (non-hydrogen) atoms. The van der Waals surface area contributed by atoms with Crippen LogP contribution >= 0.6 is 11.8 Å². The van der Waals surface area contributed by atoms with Crippen LogP contribution in [0.3, 0.4) is 0 Å². The number of hydrogen-bond donors (Lipinski definition) is 0. The molecule has 0 bridgehead atoms. The zero-order valence-electron chi connectivity index (χ0n) is 12.5. The molecule has 1 amide bonds. The van der Waals surface area contributed by atoms with Crippen LogP contribution in [-0.4, -0.2) is 23.9 Å². The van der Waals surface area contributed by atoms with E-state index in [-0.39, 0.29) is 11.2 Å². The summed E-state index contributed by atoms with van der Waals surface area (Å²) in [6, 6.07) is 20.1. The number of thioether (sulfide) groups is 1. The van der Waals surface area contributed by atoms with Crippen molar-refractivity contribution in [2.45, 2.75) is 24.0 Å². The molecule has 3 heteroatoms. The van der Waals surface area contributed by atoms with Gasteiger partial charge in [-0.05, 0) is 31.5 Å². The van der Waals surface area contributed by atoms with Crippen molar-refractivity contribution >= 4 is 17.7 Å². The predicted octanol–water partition coefficient (Wildman–Crippen LogP) is 4.39. The molecule has 0 aromatic heterocycles. The number of carbonyl (C=O) groups excluding carboxylic acids is 1. The van der Waals surface area contributed by atoms with Crippen molar-refractivity contribution in [3.63, 3.8) is 0 Å². The summed E-state index contributed by atoms with van der Waals surface area (Å²) in [5.41, 5.74) is 1.06. The Hall–Kier alpha value is -1.74. The van der Waals surface area contributed by atoms with Gasteiger partial charge in [0.05, 0.1) is 0 Å². The van der Waals surface area contributed by atoms with Crippen LogP contribution in [0, 0.1) is 0 Å². The van der Waals surface area contributed by atoms with Crippen LogP contribution in [0.15, 0.2) is 65.6 Å². The van der Waals surface area contributed by atoms with Gasteiger partial charge >= 0.3 is 0 Å². The van der Waals surface area contributed by atoms with E-state index in [4.69, 9.17) is 0 Å². The molecule has 0 aliphatic rings. The van der Waals surface area contributed by atoms with Gasteiger partial charge in [0, 0.05) is 18.0 Å². The largest absolute Gasteiger partial charge is 0.342 e. The van der Waals surface area contributed by atoms with Crippen molar-refractivity contribution in [2.24, 2.45) is 0 Å². The Balaban J connectivity index is 2.29. The molecule has 0 radical (unpaired) electrons. The first kappa shape index (κ1) is 15.6. The van der Waals surface area contributed by atoms with Gasteiger partial charge in [0.25, 0.3) is 0 Å². The van der Waals surface area contributed by atoms with E-state index in [9.17, 15) is 4.79 Å². The van der Waals surface area contributed by atoms with Crippen molar-refractivity contribution in [1.29, 1.82) is 0 Å². The smallest absolute Gasteiger partial charge is 0.240 e. The molecule has 2 rings (SSSR count). The molecule has 2 nitrogen and oxygen atoms in total. The maximum atomic E-state index is 12.8. The van der Waals surface area contributed by atoms with E-state index < -0.39 is 0 Å². The number of carbonyl (C=O) groups is 1. The molecule has 110 valence electrons. The van der Waals surface area contributed by atoms with Crippen molar-refractivity contribution in [3.8, 4) is 0 Å². The Morgan fingerprint density at radius 2 is 1.48 bits per heavy atom. The van der Waals surface area contributed by atoms with Crippen LogP contribution in [0.2, 0.25) is 0 Å². The molecule has 2 aromatic rings. The highest BCUT2D eigenvalue weighted by atomic mass is 32.2. The molecule has 0 spiro atoms. The van der Waals surface area contributed by atoms with Crippen LogP contribution in [0.1, 0.15) is 24.7 Å². The van der Waals surface area contributed by atoms with Crippen LogP contribution in [0.5, 0.6) is 0 Å². The third-order valence-corrected chi connectivity index (χ3v) is 4.65. The summed E-state index contributed by atoms with van der Waals surface area (Å²) in [4.78, 5) is 15.8. The minimum absolute atomic E-state index is 0.181. The minimum atomic E-state index is -0.187. The maximum Gasteiger partial charge on any atom is 0.240 e. The van der Waals surface area contributed by atoms with Crippen LogP contribution in [0.25, 0.3) is 0 Å². The second-order valence-electron chi connectivity index (χ2n) is 4.73. The first-order valence-corrected chi connectivity index (χ1v) is 8.19. The fourth-order valence-electron chi connectivity index (χ4n) is 2.23. The van der Waals surface area contributed by atoms with Gasteiger partial charge in [0.2, 0.25) is 5.91 Å². The normalized spacial score (nSPS) is 11.9. The molecule has 0 unspecified atom stereocenters. The van der Waals surface area contributed by atoms with Gasteiger partial charge in [-0.1, -0.05) is 48.5 Å². The third-order valence-electron chi connectivity index (χ3n) is 3.40. The lowest BCUT2D eigenvalue weighted by Crippen LogP contribution is -2.33. The first-order chi connectivity index (χ1) is 10.3. The van der Waals surface area contributed by atoms with Crippen molar-refractivity contribution in [2.75, 3.05) is 13.1 Å². The average molecular weight is 299 g/mol. The second-order valence-corrected chi connectivity index (χ2v) is 5.91. The minimum Gasteiger partial charge on any atom is -0.342 e. The molecule has 0 N–H and O–H groups in total. The van der Waals surface area contributed by atoms with Crippen molar-refractivity contribution in [1.82, 2.24) is 4.90 Å². The fourth-order valence-corrected chi connectivity index (χ4v) is 3.35. The summed E-state index contributed by atoms with van der Waals surface area (Å²) in [6.45, 7) is 5.54. The number of benzene rings is 2. The Bertz CT molecular complexity index is 552. The van der Waals surface area contributed by atoms with Crippen LogP contribution in [0.4, 0.5) is 0 Å². The predicted molar refractivity (Wildman–Crippen MR) is 89.4 cm³/mol. The van der Waals surface area contributed by atoms with Gasteiger partial charge in [-0.25, -0.2) is 0 Å². The van der Waals surface area contributed by atoms with Gasteiger partial charge in [-0.2, -0.15) is 0 Å². The van der Waals surface area contributed by atoms with Crippen LogP contribution < -0.4 is 0 Å². The number of rotatable bonds is 6. The van der Waals surface area contributed by atoms with Gasteiger partial charge in [-0.15, -0.1) is 11.8 Å². The third kappa shape index (κ3) is 4.11. The van der Waals surface area contributed by atoms with Gasteiger partial charge < -0.3 is 4.90 Å². The molecule has 2 aromatic carbocycles. The van der Waals surface area contributed by atoms with E-state index in [1.807, 2.05) is 67.3 Å². The topological polar surface area (TPSA) is 20.3 Å². The summed E-state index contributed by atoms with van der Waals surface area (Å²) < 4.78 is 0. The highest BCUT2D eigenvalue weighted by Gasteiger charge is 2.25. The molecule has 0 heterocycles. The Labute approximate surface area is 131 Å². The Morgan fingerprint density at radius 1 is 0.952 bits per heavy atom. The molecular weight excluding hydrogens is 278 g/mol. The second kappa shape index (κ2) is 7.89. The fraction of sp³-hybridized carbons (Fsp3) is 0.278. The SMILES string of the molecule is CCN(CC)C(=O)[C@@H](Sc1ccccc1)c1ccccc1. The molecule has 0 fully saturated rings.